The number of carboxylic acid groups (broad SMARTS) is 2. The Hall–Kier alpha value is -1.18. The maximum Gasteiger partial charge on any atom is 0.320 e. The van der Waals surface area contributed by atoms with Gasteiger partial charge in [0.05, 0.1) is 6.54 Å². The highest BCUT2D eigenvalue weighted by Gasteiger charge is 2.14. The van der Waals surface area contributed by atoms with Crippen LogP contribution in [0.25, 0.3) is 0 Å². The highest BCUT2D eigenvalue weighted by Crippen LogP contribution is 1.90. The van der Waals surface area contributed by atoms with Gasteiger partial charge in [0.1, 0.15) is 6.04 Å². The van der Waals surface area contributed by atoms with E-state index in [0.717, 1.165) is 6.42 Å². The van der Waals surface area contributed by atoms with Gasteiger partial charge in [0.25, 0.3) is 0 Å². The van der Waals surface area contributed by atoms with Crippen molar-refractivity contribution in [3.63, 3.8) is 0 Å². The molecule has 7 nitrogen and oxygen atoms in total. The summed E-state index contributed by atoms with van der Waals surface area (Å²) in [5, 5.41) is 27.4. The highest BCUT2D eigenvalue weighted by molar-refractivity contribution is 5.73. The van der Waals surface area contributed by atoms with Crippen molar-refractivity contribution in [3.8, 4) is 0 Å². The topological polar surface area (TPSA) is 133 Å². The van der Waals surface area contributed by atoms with Crippen molar-refractivity contribution in [2.45, 2.75) is 25.8 Å². The zero-order valence-corrected chi connectivity index (χ0v) is 9.35. The largest absolute Gasteiger partial charge is 0.480 e. The quantitative estimate of drug-likeness (QED) is 0.377. The Morgan fingerprint density at radius 1 is 1.38 bits per heavy atom. The monoisotopic (exact) mass is 236 g/mol. The molecule has 0 saturated carbocycles. The molecule has 0 fully saturated rings. The molecule has 0 aliphatic heterocycles. The summed E-state index contributed by atoms with van der Waals surface area (Å²) < 4.78 is 0. The lowest BCUT2D eigenvalue weighted by Gasteiger charge is -2.11. The molecule has 0 spiro atoms. The summed E-state index contributed by atoms with van der Waals surface area (Å²) in [4.78, 5) is 19.7. The molecule has 1 atom stereocenters. The third-order valence-electron chi connectivity index (χ3n) is 1.53. The number of hydrogen-bond donors (Lipinski definition) is 5. The fourth-order valence-electron chi connectivity index (χ4n) is 0.761. The molecular formula is C9H20N2O5. The Morgan fingerprint density at radius 2 is 1.88 bits per heavy atom. The van der Waals surface area contributed by atoms with Gasteiger partial charge in [-0.3, -0.25) is 9.59 Å². The standard InChI is InChI=1S/C7H15NO3.C2H5NO2/c1-2-4-8-6(3-5-9)7(10)11;3-1-2(4)5/h6,8-9H,2-5H2,1H3,(H,10,11);1,3H2,(H,4,5). The van der Waals surface area contributed by atoms with Crippen LogP contribution in [0.4, 0.5) is 0 Å². The predicted molar refractivity (Wildman–Crippen MR) is 58.1 cm³/mol. The van der Waals surface area contributed by atoms with Crippen LogP contribution in [0.3, 0.4) is 0 Å². The average molecular weight is 236 g/mol. The van der Waals surface area contributed by atoms with E-state index in [0.29, 0.717) is 6.54 Å². The summed E-state index contributed by atoms with van der Waals surface area (Å²) in [6.45, 7) is 2.27. The molecule has 0 bridgehead atoms. The van der Waals surface area contributed by atoms with E-state index >= 15 is 0 Å². The molecule has 16 heavy (non-hydrogen) atoms. The van der Waals surface area contributed by atoms with E-state index in [1.54, 1.807) is 0 Å². The van der Waals surface area contributed by atoms with Crippen LogP contribution >= 0.6 is 0 Å². The number of aliphatic carboxylic acids is 2. The van der Waals surface area contributed by atoms with E-state index in [2.05, 4.69) is 11.1 Å². The normalized spacial score (nSPS) is 11.2. The van der Waals surface area contributed by atoms with E-state index in [1.165, 1.54) is 0 Å². The number of nitrogens with one attached hydrogen (secondary N) is 1. The Bertz CT molecular complexity index is 198. The number of aliphatic hydroxyl groups excluding tert-OH is 1. The number of rotatable bonds is 7. The van der Waals surface area contributed by atoms with Gasteiger partial charge in [0, 0.05) is 6.61 Å². The molecular weight excluding hydrogens is 216 g/mol. The second kappa shape index (κ2) is 11.9. The van der Waals surface area contributed by atoms with E-state index in [4.69, 9.17) is 15.3 Å². The SMILES string of the molecule is CCCNC(CCO)C(=O)O.NCC(=O)O. The fraction of sp³-hybridized carbons (Fsp3) is 0.778. The van der Waals surface area contributed by atoms with Crippen LogP contribution in [0, 0.1) is 0 Å². The molecule has 0 radical (unpaired) electrons. The fourth-order valence-corrected chi connectivity index (χ4v) is 0.761. The van der Waals surface area contributed by atoms with E-state index in [1.807, 2.05) is 6.92 Å². The summed E-state index contributed by atoms with van der Waals surface area (Å²) in [5.74, 6) is -1.86. The molecule has 0 aromatic heterocycles. The first-order valence-electron chi connectivity index (χ1n) is 4.98. The van der Waals surface area contributed by atoms with Crippen molar-refractivity contribution in [2.75, 3.05) is 19.7 Å². The van der Waals surface area contributed by atoms with E-state index in [-0.39, 0.29) is 19.6 Å². The molecule has 1 unspecified atom stereocenters. The van der Waals surface area contributed by atoms with Crippen molar-refractivity contribution >= 4 is 11.9 Å². The molecule has 0 heterocycles. The molecule has 0 amide bonds. The van der Waals surface area contributed by atoms with Crippen LogP contribution in [0.2, 0.25) is 0 Å². The number of nitrogens with two attached hydrogens (primary N) is 1. The van der Waals surface area contributed by atoms with Crippen LogP contribution in [0.15, 0.2) is 0 Å². The smallest absolute Gasteiger partial charge is 0.320 e. The maximum absolute atomic E-state index is 10.4. The lowest BCUT2D eigenvalue weighted by atomic mass is 10.2. The summed E-state index contributed by atoms with van der Waals surface area (Å²) in [5.41, 5.74) is 4.57. The lowest BCUT2D eigenvalue weighted by molar-refractivity contribution is -0.140. The Balaban J connectivity index is 0. The molecule has 96 valence electrons. The minimum Gasteiger partial charge on any atom is -0.480 e. The molecule has 6 N–H and O–H groups in total. The van der Waals surface area contributed by atoms with Crippen LogP contribution in [0.1, 0.15) is 19.8 Å². The Morgan fingerprint density at radius 3 is 2.12 bits per heavy atom. The Kier molecular flexibility index (Phi) is 12.8. The molecule has 0 aromatic carbocycles. The molecule has 0 rings (SSSR count). The van der Waals surface area contributed by atoms with Gasteiger partial charge in [0.2, 0.25) is 0 Å². The predicted octanol–water partition coefficient (Wildman–Crippen LogP) is -1.15. The van der Waals surface area contributed by atoms with Crippen LogP contribution in [0.5, 0.6) is 0 Å². The summed E-state index contributed by atoms with van der Waals surface area (Å²) in [6, 6.07) is -0.597. The lowest BCUT2D eigenvalue weighted by Crippen LogP contribution is -2.37. The van der Waals surface area contributed by atoms with Crippen LogP contribution in [-0.4, -0.2) is 53.0 Å². The van der Waals surface area contributed by atoms with Gasteiger partial charge in [-0.2, -0.15) is 0 Å². The molecule has 0 saturated heterocycles. The van der Waals surface area contributed by atoms with Gasteiger partial charge in [-0.1, -0.05) is 6.92 Å². The molecule has 0 aromatic rings. The molecule has 0 aliphatic carbocycles. The van der Waals surface area contributed by atoms with E-state index in [9.17, 15) is 9.59 Å². The zero-order valence-electron chi connectivity index (χ0n) is 9.35. The minimum atomic E-state index is -0.968. The Labute approximate surface area is 94.3 Å². The first kappa shape index (κ1) is 17.2. The van der Waals surface area contributed by atoms with Crippen LogP contribution < -0.4 is 11.1 Å². The molecule has 7 heteroatoms. The number of aliphatic hydroxyl groups is 1. The number of carboxylic acids is 2. The van der Waals surface area contributed by atoms with Gasteiger partial charge >= 0.3 is 11.9 Å². The van der Waals surface area contributed by atoms with Crippen molar-refractivity contribution in [1.29, 1.82) is 0 Å². The summed E-state index contributed by atoms with van der Waals surface area (Å²) in [6.07, 6.45) is 1.17. The third-order valence-corrected chi connectivity index (χ3v) is 1.53. The number of hydrogen-bond acceptors (Lipinski definition) is 5. The van der Waals surface area contributed by atoms with Gasteiger partial charge in [-0.15, -0.1) is 0 Å². The second-order valence-corrected chi connectivity index (χ2v) is 2.96. The van der Waals surface area contributed by atoms with Crippen molar-refractivity contribution < 1.29 is 24.9 Å². The van der Waals surface area contributed by atoms with Gasteiger partial charge in [-0.05, 0) is 19.4 Å². The number of carbonyl (C=O) groups is 2. The average Bonchev–Trinajstić information content (AvgIpc) is 2.24. The maximum atomic E-state index is 10.4. The zero-order chi connectivity index (χ0) is 13.0. The van der Waals surface area contributed by atoms with Crippen molar-refractivity contribution in [2.24, 2.45) is 5.73 Å². The van der Waals surface area contributed by atoms with Gasteiger partial charge in [-0.25, -0.2) is 0 Å². The van der Waals surface area contributed by atoms with Crippen molar-refractivity contribution in [3.05, 3.63) is 0 Å². The highest BCUT2D eigenvalue weighted by atomic mass is 16.4. The summed E-state index contributed by atoms with van der Waals surface area (Å²) >= 11 is 0. The molecule has 0 aliphatic rings. The second-order valence-electron chi connectivity index (χ2n) is 2.96. The first-order valence-corrected chi connectivity index (χ1v) is 4.98. The minimum absolute atomic E-state index is 0.0896. The van der Waals surface area contributed by atoms with E-state index < -0.39 is 18.0 Å². The summed E-state index contributed by atoms with van der Waals surface area (Å²) in [7, 11) is 0. The van der Waals surface area contributed by atoms with Crippen molar-refractivity contribution in [1.82, 2.24) is 5.32 Å². The third kappa shape index (κ3) is 12.8. The van der Waals surface area contributed by atoms with Crippen LogP contribution in [-0.2, 0) is 9.59 Å². The first-order chi connectivity index (χ1) is 7.49. The van der Waals surface area contributed by atoms with Gasteiger partial charge in [0.15, 0.2) is 0 Å². The van der Waals surface area contributed by atoms with Gasteiger partial charge < -0.3 is 26.4 Å².